The Morgan fingerprint density at radius 2 is 1.71 bits per heavy atom. The summed E-state index contributed by atoms with van der Waals surface area (Å²) in [6.07, 6.45) is -0.932. The Kier molecular flexibility index (Phi) is 3.45. The molecule has 1 amide bonds. The zero-order valence-electron chi connectivity index (χ0n) is 11.0. The molecule has 1 aliphatic rings. The van der Waals surface area contributed by atoms with Crippen LogP contribution in [0.15, 0.2) is 53.6 Å². The van der Waals surface area contributed by atoms with Crippen LogP contribution in [0.1, 0.15) is 17.0 Å². The van der Waals surface area contributed by atoms with Crippen molar-refractivity contribution in [1.29, 1.82) is 0 Å². The monoisotopic (exact) mass is 281 g/mol. The highest BCUT2D eigenvalue weighted by Crippen LogP contribution is 2.43. The summed E-state index contributed by atoms with van der Waals surface area (Å²) in [5.41, 5.74) is 10.1. The van der Waals surface area contributed by atoms with Crippen LogP contribution < -0.4 is 4.74 Å². The van der Waals surface area contributed by atoms with Crippen LogP contribution in [-0.2, 0) is 4.74 Å². The molecule has 0 saturated heterocycles. The number of para-hydroxylation sites is 2. The zero-order chi connectivity index (χ0) is 14.7. The number of ether oxygens (including phenoxy) is 2. The lowest BCUT2D eigenvalue weighted by molar-refractivity contribution is 0.151. The molecule has 0 aromatic heterocycles. The zero-order valence-corrected chi connectivity index (χ0v) is 11.0. The smallest absolute Gasteiger partial charge is 0.396 e. The molecule has 0 unspecified atom stereocenters. The predicted octanol–water partition coefficient (Wildman–Crippen LogP) is 4.37. The highest BCUT2D eigenvalue weighted by atomic mass is 16.5. The normalized spacial score (nSPS) is 12.4. The van der Waals surface area contributed by atoms with E-state index in [0.29, 0.717) is 0 Å². The van der Waals surface area contributed by atoms with Crippen LogP contribution in [0.25, 0.3) is 10.4 Å². The number of nitrogens with zero attached hydrogens (tertiary/aromatic N) is 3. The molecule has 0 bridgehead atoms. The first-order chi connectivity index (χ1) is 10.3. The lowest BCUT2D eigenvalue weighted by Crippen LogP contribution is -2.16. The molecule has 0 aliphatic carbocycles. The molecule has 0 saturated carbocycles. The fourth-order valence-electron chi connectivity index (χ4n) is 2.41. The van der Waals surface area contributed by atoms with Crippen LogP contribution in [0.5, 0.6) is 11.5 Å². The number of fused-ring (bicyclic) bond motifs is 2. The van der Waals surface area contributed by atoms with Gasteiger partial charge in [-0.15, -0.1) is 0 Å². The molecule has 104 valence electrons. The van der Waals surface area contributed by atoms with E-state index in [2.05, 4.69) is 10.0 Å². The van der Waals surface area contributed by atoms with Crippen LogP contribution in [0, 0.1) is 0 Å². The van der Waals surface area contributed by atoms with E-state index in [9.17, 15) is 4.79 Å². The molecule has 2 aromatic rings. The van der Waals surface area contributed by atoms with Gasteiger partial charge >= 0.3 is 6.09 Å². The minimum Gasteiger partial charge on any atom is -0.460 e. The van der Waals surface area contributed by atoms with Crippen molar-refractivity contribution in [3.63, 3.8) is 0 Å². The highest BCUT2D eigenvalue weighted by molar-refractivity contribution is 5.68. The van der Waals surface area contributed by atoms with Gasteiger partial charge in [0.05, 0.1) is 5.92 Å². The third-order valence-electron chi connectivity index (χ3n) is 3.31. The van der Waals surface area contributed by atoms with Crippen LogP contribution >= 0.6 is 0 Å². The Balaban J connectivity index is 1.95. The number of carbonyl (C=O) groups is 1. The maximum Gasteiger partial charge on any atom is 0.396 e. The van der Waals surface area contributed by atoms with E-state index in [1.807, 2.05) is 48.5 Å². The molecular weight excluding hydrogens is 270 g/mol. The Bertz CT molecular complexity index is 693. The molecule has 0 radical (unpaired) electrons. The van der Waals surface area contributed by atoms with E-state index in [0.717, 1.165) is 22.6 Å². The van der Waals surface area contributed by atoms with Gasteiger partial charge in [-0.2, -0.15) is 0 Å². The summed E-state index contributed by atoms with van der Waals surface area (Å²) in [7, 11) is 0. The van der Waals surface area contributed by atoms with Crippen LogP contribution in [0.2, 0.25) is 0 Å². The minimum absolute atomic E-state index is 0.0925. The third-order valence-corrected chi connectivity index (χ3v) is 3.31. The maximum atomic E-state index is 11.2. The van der Waals surface area contributed by atoms with E-state index in [-0.39, 0.29) is 12.5 Å². The molecule has 6 heteroatoms. The summed E-state index contributed by atoms with van der Waals surface area (Å²) in [6.45, 7) is 0.0925. The number of azide groups is 1. The molecule has 3 rings (SSSR count). The fraction of sp³-hybridized carbons (Fsp3) is 0.133. The summed E-state index contributed by atoms with van der Waals surface area (Å²) in [6, 6.07) is 15.2. The van der Waals surface area contributed by atoms with Crippen molar-refractivity contribution in [2.75, 3.05) is 6.61 Å². The molecule has 1 aliphatic heterocycles. The standard InChI is InChI=1S/C15H11N3O3/c16-18-17-15(19)20-9-12-10-5-1-3-7-13(10)21-14-8-4-2-6-11(12)14/h1-8,12H,9H2. The van der Waals surface area contributed by atoms with Gasteiger partial charge in [0, 0.05) is 21.2 Å². The Labute approximate surface area is 120 Å². The average Bonchev–Trinajstić information content (AvgIpc) is 2.51. The summed E-state index contributed by atoms with van der Waals surface area (Å²) in [4.78, 5) is 13.6. The fourth-order valence-corrected chi connectivity index (χ4v) is 2.41. The molecular formula is C15H11N3O3. The van der Waals surface area contributed by atoms with Crippen molar-refractivity contribution in [3.05, 3.63) is 70.1 Å². The second kappa shape index (κ2) is 5.56. The van der Waals surface area contributed by atoms with Crippen molar-refractivity contribution in [1.82, 2.24) is 0 Å². The van der Waals surface area contributed by atoms with Gasteiger partial charge in [0.25, 0.3) is 0 Å². The third kappa shape index (κ3) is 2.52. The van der Waals surface area contributed by atoms with Gasteiger partial charge in [-0.3, -0.25) is 0 Å². The van der Waals surface area contributed by atoms with Crippen molar-refractivity contribution in [2.45, 2.75) is 5.92 Å². The van der Waals surface area contributed by atoms with Gasteiger partial charge in [0.15, 0.2) is 0 Å². The molecule has 0 N–H and O–H groups in total. The van der Waals surface area contributed by atoms with Gasteiger partial charge in [-0.05, 0) is 17.7 Å². The molecule has 0 fully saturated rings. The number of hydrogen-bond acceptors (Lipinski definition) is 3. The van der Waals surface area contributed by atoms with E-state index in [1.54, 1.807) is 0 Å². The van der Waals surface area contributed by atoms with Gasteiger partial charge in [0.2, 0.25) is 0 Å². The first-order valence-corrected chi connectivity index (χ1v) is 6.37. The van der Waals surface area contributed by atoms with Crippen molar-refractivity contribution in [3.8, 4) is 11.5 Å². The minimum atomic E-state index is -0.932. The van der Waals surface area contributed by atoms with E-state index >= 15 is 0 Å². The summed E-state index contributed by atoms with van der Waals surface area (Å²) in [5.74, 6) is 1.33. The summed E-state index contributed by atoms with van der Waals surface area (Å²) < 4.78 is 10.9. The first-order valence-electron chi connectivity index (χ1n) is 6.37. The second-order valence-electron chi connectivity index (χ2n) is 4.50. The van der Waals surface area contributed by atoms with Crippen molar-refractivity contribution in [2.24, 2.45) is 5.11 Å². The van der Waals surface area contributed by atoms with Crippen LogP contribution in [0.4, 0.5) is 4.79 Å². The van der Waals surface area contributed by atoms with Crippen LogP contribution in [-0.4, -0.2) is 12.7 Å². The van der Waals surface area contributed by atoms with Gasteiger partial charge in [-0.1, -0.05) is 36.4 Å². The highest BCUT2D eigenvalue weighted by Gasteiger charge is 2.27. The largest absolute Gasteiger partial charge is 0.460 e. The van der Waals surface area contributed by atoms with Crippen molar-refractivity contribution < 1.29 is 14.3 Å². The number of carbonyl (C=O) groups excluding carboxylic acids is 1. The molecule has 1 heterocycles. The van der Waals surface area contributed by atoms with Gasteiger partial charge in [-0.25, -0.2) is 4.79 Å². The van der Waals surface area contributed by atoms with E-state index in [1.165, 1.54) is 0 Å². The predicted molar refractivity (Wildman–Crippen MR) is 75.3 cm³/mol. The molecule has 2 aromatic carbocycles. The number of rotatable bonds is 2. The SMILES string of the molecule is [N-]=[N+]=NC(=O)OCC1c2ccccc2Oc2ccccc21. The van der Waals surface area contributed by atoms with Gasteiger partial charge < -0.3 is 9.47 Å². The van der Waals surface area contributed by atoms with Gasteiger partial charge in [0.1, 0.15) is 18.1 Å². The van der Waals surface area contributed by atoms with E-state index in [4.69, 9.17) is 15.0 Å². The van der Waals surface area contributed by atoms with E-state index < -0.39 is 6.09 Å². The Morgan fingerprint density at radius 1 is 1.14 bits per heavy atom. The molecule has 6 nitrogen and oxygen atoms in total. The topological polar surface area (TPSA) is 84.3 Å². The quantitative estimate of drug-likeness (QED) is 0.465. The number of benzene rings is 2. The molecule has 0 spiro atoms. The Hall–Kier alpha value is -2.98. The Morgan fingerprint density at radius 3 is 2.29 bits per heavy atom. The first kappa shape index (κ1) is 13.0. The maximum absolute atomic E-state index is 11.2. The number of amides is 1. The molecule has 21 heavy (non-hydrogen) atoms. The summed E-state index contributed by atoms with van der Waals surface area (Å²) in [5, 5.41) is 2.91. The van der Waals surface area contributed by atoms with Crippen LogP contribution in [0.3, 0.4) is 0 Å². The number of hydrogen-bond donors (Lipinski definition) is 0. The summed E-state index contributed by atoms with van der Waals surface area (Å²) >= 11 is 0. The second-order valence-corrected chi connectivity index (χ2v) is 4.50. The lowest BCUT2D eigenvalue weighted by Gasteiger charge is -2.27. The van der Waals surface area contributed by atoms with Crippen molar-refractivity contribution >= 4 is 6.09 Å². The average molecular weight is 281 g/mol. The lowest BCUT2D eigenvalue weighted by atomic mass is 9.89. The molecule has 0 atom stereocenters.